The third-order valence-electron chi connectivity index (χ3n) is 5.86. The number of carbonyl (C=O) groups excluding carboxylic acids is 1. The lowest BCUT2D eigenvalue weighted by atomic mass is 9.87. The fraction of sp³-hybridized carbons (Fsp3) is 0.207. The van der Waals surface area contributed by atoms with Crippen LogP contribution < -0.4 is 10.2 Å². The van der Waals surface area contributed by atoms with Crippen LogP contribution in [-0.4, -0.2) is 34.1 Å². The molecule has 7 heteroatoms. The molecule has 184 valence electrons. The largest absolute Gasteiger partial charge is 0.507 e. The molecule has 0 unspecified atom stereocenters. The molecule has 1 amide bonds. The highest BCUT2D eigenvalue weighted by molar-refractivity contribution is 5.94. The Labute approximate surface area is 211 Å². The van der Waals surface area contributed by atoms with E-state index >= 15 is 0 Å². The van der Waals surface area contributed by atoms with Crippen molar-refractivity contribution in [3.8, 4) is 22.8 Å². The molecule has 36 heavy (non-hydrogen) atoms. The van der Waals surface area contributed by atoms with Gasteiger partial charge in [-0.25, -0.2) is 5.43 Å². The van der Waals surface area contributed by atoms with E-state index in [1.807, 2.05) is 24.3 Å². The molecule has 4 rings (SSSR count). The fourth-order valence-electron chi connectivity index (χ4n) is 3.72. The highest BCUT2D eigenvalue weighted by Crippen LogP contribution is 2.25. The SMILES string of the molecule is COc1ccc(-c2cc(C(=O)N/N=C/c3ccccc3O)n(Cc3ccc(C(C)(C)C)cc3)n2)cc1. The molecule has 0 saturated heterocycles. The number of hydrogen-bond donors (Lipinski definition) is 2. The van der Waals surface area contributed by atoms with Crippen LogP contribution >= 0.6 is 0 Å². The predicted octanol–water partition coefficient (Wildman–Crippen LogP) is 5.37. The van der Waals surface area contributed by atoms with Crippen molar-refractivity contribution in [1.82, 2.24) is 15.2 Å². The van der Waals surface area contributed by atoms with E-state index in [0.717, 1.165) is 16.9 Å². The lowest BCUT2D eigenvalue weighted by molar-refractivity contribution is 0.0945. The summed E-state index contributed by atoms with van der Waals surface area (Å²) in [5.74, 6) is 0.426. The van der Waals surface area contributed by atoms with Crippen molar-refractivity contribution >= 4 is 12.1 Å². The van der Waals surface area contributed by atoms with Gasteiger partial charge < -0.3 is 9.84 Å². The van der Waals surface area contributed by atoms with E-state index in [1.54, 1.807) is 42.1 Å². The van der Waals surface area contributed by atoms with E-state index in [1.165, 1.54) is 11.8 Å². The van der Waals surface area contributed by atoms with Crippen molar-refractivity contribution in [3.05, 3.63) is 101 Å². The van der Waals surface area contributed by atoms with Gasteiger partial charge in [0, 0.05) is 11.1 Å². The summed E-state index contributed by atoms with van der Waals surface area (Å²) in [4.78, 5) is 13.1. The number of methoxy groups -OCH3 is 1. The molecule has 1 heterocycles. The first-order chi connectivity index (χ1) is 17.2. The average Bonchev–Trinajstić information content (AvgIpc) is 3.29. The van der Waals surface area contributed by atoms with Crippen LogP contribution in [0.4, 0.5) is 0 Å². The average molecular weight is 483 g/mol. The smallest absolute Gasteiger partial charge is 0.289 e. The minimum absolute atomic E-state index is 0.0575. The van der Waals surface area contributed by atoms with Crippen molar-refractivity contribution in [3.63, 3.8) is 0 Å². The van der Waals surface area contributed by atoms with Crippen LogP contribution in [0, 0.1) is 0 Å². The van der Waals surface area contributed by atoms with Gasteiger partial charge in [0.15, 0.2) is 0 Å². The minimum Gasteiger partial charge on any atom is -0.507 e. The van der Waals surface area contributed by atoms with Gasteiger partial charge in [-0.2, -0.15) is 10.2 Å². The number of hydrazone groups is 1. The van der Waals surface area contributed by atoms with E-state index in [4.69, 9.17) is 9.84 Å². The highest BCUT2D eigenvalue weighted by atomic mass is 16.5. The summed E-state index contributed by atoms with van der Waals surface area (Å²) in [5.41, 5.74) is 7.28. The number of phenols is 1. The van der Waals surface area contributed by atoms with Gasteiger partial charge in [0.25, 0.3) is 5.91 Å². The second-order valence-corrected chi connectivity index (χ2v) is 9.51. The number of nitrogens with zero attached hydrogens (tertiary/aromatic N) is 3. The van der Waals surface area contributed by atoms with Crippen molar-refractivity contribution in [2.45, 2.75) is 32.7 Å². The van der Waals surface area contributed by atoms with Gasteiger partial charge >= 0.3 is 0 Å². The van der Waals surface area contributed by atoms with Crippen LogP contribution in [0.25, 0.3) is 11.3 Å². The molecule has 0 fully saturated rings. The zero-order chi connectivity index (χ0) is 25.7. The molecule has 7 nitrogen and oxygen atoms in total. The molecular weight excluding hydrogens is 452 g/mol. The molecule has 0 aliphatic heterocycles. The van der Waals surface area contributed by atoms with Gasteiger partial charge in [0.1, 0.15) is 17.2 Å². The number of para-hydroxylation sites is 1. The third kappa shape index (κ3) is 5.81. The Morgan fingerprint density at radius 1 is 1.06 bits per heavy atom. The van der Waals surface area contributed by atoms with Crippen LogP contribution in [0.2, 0.25) is 0 Å². The number of phenolic OH excluding ortho intramolecular Hbond substituents is 1. The molecule has 0 radical (unpaired) electrons. The standard InChI is InChI=1S/C29H30N4O3/c1-29(2,3)23-13-9-20(10-14-23)19-33-26(17-25(32-33)21-11-15-24(36-4)16-12-21)28(35)31-30-18-22-7-5-6-8-27(22)34/h5-18,34H,19H2,1-4H3,(H,31,35)/b30-18+. The second-order valence-electron chi connectivity index (χ2n) is 9.51. The number of amides is 1. The molecule has 0 spiro atoms. The van der Waals surface area contributed by atoms with Gasteiger partial charge in [-0.1, -0.05) is 57.2 Å². The highest BCUT2D eigenvalue weighted by Gasteiger charge is 2.18. The maximum Gasteiger partial charge on any atom is 0.289 e. The fourth-order valence-corrected chi connectivity index (χ4v) is 3.72. The molecule has 0 saturated carbocycles. The third-order valence-corrected chi connectivity index (χ3v) is 5.86. The van der Waals surface area contributed by atoms with E-state index in [9.17, 15) is 9.90 Å². The summed E-state index contributed by atoms with van der Waals surface area (Å²) >= 11 is 0. The van der Waals surface area contributed by atoms with E-state index in [0.29, 0.717) is 23.5 Å². The normalized spacial score (nSPS) is 11.6. The summed E-state index contributed by atoms with van der Waals surface area (Å²) in [6, 6.07) is 24.4. The first kappa shape index (κ1) is 24.7. The predicted molar refractivity (Wildman–Crippen MR) is 142 cm³/mol. The molecular formula is C29H30N4O3. The van der Waals surface area contributed by atoms with Crippen molar-refractivity contribution in [2.75, 3.05) is 7.11 Å². The molecule has 0 aliphatic rings. The first-order valence-corrected chi connectivity index (χ1v) is 11.7. The monoisotopic (exact) mass is 482 g/mol. The van der Waals surface area contributed by atoms with E-state index in [-0.39, 0.29) is 11.2 Å². The minimum atomic E-state index is -0.403. The van der Waals surface area contributed by atoms with Crippen molar-refractivity contribution in [2.24, 2.45) is 5.10 Å². The number of aromatic hydroxyl groups is 1. The summed E-state index contributed by atoms with van der Waals surface area (Å²) in [6.45, 7) is 6.95. The van der Waals surface area contributed by atoms with Crippen molar-refractivity contribution in [1.29, 1.82) is 0 Å². The molecule has 0 aliphatic carbocycles. The van der Waals surface area contributed by atoms with Gasteiger partial charge in [-0.3, -0.25) is 9.48 Å². The van der Waals surface area contributed by atoms with E-state index < -0.39 is 5.91 Å². The number of hydrogen-bond acceptors (Lipinski definition) is 5. The number of aromatic nitrogens is 2. The quantitative estimate of drug-likeness (QED) is 0.274. The first-order valence-electron chi connectivity index (χ1n) is 11.7. The van der Waals surface area contributed by atoms with Crippen LogP contribution in [0.1, 0.15) is 48.0 Å². The van der Waals surface area contributed by atoms with E-state index in [2.05, 4.69) is 55.6 Å². The van der Waals surface area contributed by atoms with Crippen LogP contribution in [0.15, 0.2) is 84.0 Å². The van der Waals surface area contributed by atoms with Crippen LogP contribution in [-0.2, 0) is 12.0 Å². The van der Waals surface area contributed by atoms with Gasteiger partial charge in [0.05, 0.1) is 25.6 Å². The maximum atomic E-state index is 13.1. The Kier molecular flexibility index (Phi) is 7.20. The number of rotatable bonds is 7. The molecule has 3 aromatic carbocycles. The van der Waals surface area contributed by atoms with Crippen LogP contribution in [0.3, 0.4) is 0 Å². The zero-order valence-electron chi connectivity index (χ0n) is 20.9. The lowest BCUT2D eigenvalue weighted by Gasteiger charge is -2.19. The topological polar surface area (TPSA) is 88.7 Å². The lowest BCUT2D eigenvalue weighted by Crippen LogP contribution is -2.22. The van der Waals surface area contributed by atoms with Crippen molar-refractivity contribution < 1.29 is 14.6 Å². The van der Waals surface area contributed by atoms with Gasteiger partial charge in [-0.15, -0.1) is 0 Å². The number of benzene rings is 3. The Morgan fingerprint density at radius 2 is 1.75 bits per heavy atom. The summed E-state index contributed by atoms with van der Waals surface area (Å²) in [7, 11) is 1.62. The maximum absolute atomic E-state index is 13.1. The molecule has 2 N–H and O–H groups in total. The van der Waals surface area contributed by atoms with Gasteiger partial charge in [0.2, 0.25) is 0 Å². The number of nitrogens with one attached hydrogen (secondary N) is 1. The molecule has 0 atom stereocenters. The molecule has 0 bridgehead atoms. The van der Waals surface area contributed by atoms with Crippen LogP contribution in [0.5, 0.6) is 11.5 Å². The Hall–Kier alpha value is -4.39. The zero-order valence-corrected chi connectivity index (χ0v) is 20.9. The second kappa shape index (κ2) is 10.5. The Morgan fingerprint density at radius 3 is 2.39 bits per heavy atom. The molecule has 4 aromatic rings. The Bertz CT molecular complexity index is 1370. The summed E-state index contributed by atoms with van der Waals surface area (Å²) < 4.78 is 6.93. The Balaban J connectivity index is 1.62. The number of carbonyl (C=O) groups is 1. The summed E-state index contributed by atoms with van der Waals surface area (Å²) in [5, 5.41) is 18.7. The number of ether oxygens (including phenoxy) is 1. The van der Waals surface area contributed by atoms with Gasteiger partial charge in [-0.05, 0) is 59.0 Å². The molecule has 1 aromatic heterocycles. The summed E-state index contributed by atoms with van der Waals surface area (Å²) in [6.07, 6.45) is 1.41.